The fourth-order valence-electron chi connectivity index (χ4n) is 6.69. The van der Waals surface area contributed by atoms with Gasteiger partial charge in [-0.15, -0.1) is 0 Å². The number of aromatic nitrogens is 1. The molecule has 0 bridgehead atoms. The normalized spacial score (nSPS) is 19.1. The first-order valence-corrected chi connectivity index (χ1v) is 15.9. The van der Waals surface area contributed by atoms with Crippen LogP contribution in [0, 0.1) is 5.82 Å². The number of amides is 1. The maximum Gasteiger partial charge on any atom is 0.325 e. The van der Waals surface area contributed by atoms with Gasteiger partial charge in [-0.2, -0.15) is 0 Å². The molecule has 242 valence electrons. The monoisotopic (exact) mass is 660 g/mol. The van der Waals surface area contributed by atoms with Crippen molar-refractivity contribution in [3.8, 4) is 5.75 Å². The first kappa shape index (κ1) is 33.0. The Morgan fingerprint density at radius 1 is 1.11 bits per heavy atom. The first-order valence-electron chi connectivity index (χ1n) is 15.2. The van der Waals surface area contributed by atoms with E-state index in [1.165, 1.54) is 13.2 Å². The molecule has 1 amide bonds. The Hall–Kier alpha value is -3.34. The molecule has 0 radical (unpaired) electrons. The number of piperazine rings is 1. The molecule has 2 aliphatic rings. The molecule has 5 rings (SSSR count). The summed E-state index contributed by atoms with van der Waals surface area (Å²) in [6.45, 7) is 10.7. The van der Waals surface area contributed by atoms with Crippen molar-refractivity contribution in [1.82, 2.24) is 14.8 Å². The van der Waals surface area contributed by atoms with Crippen molar-refractivity contribution in [3.63, 3.8) is 0 Å². The molecule has 2 fully saturated rings. The molecule has 2 heterocycles. The van der Waals surface area contributed by atoms with Crippen LogP contribution in [-0.2, 0) is 16.1 Å². The van der Waals surface area contributed by atoms with Crippen LogP contribution < -0.4 is 20.4 Å². The molecule has 45 heavy (non-hydrogen) atoms. The number of fused-ring (bicyclic) bond motifs is 1. The van der Waals surface area contributed by atoms with Gasteiger partial charge in [0.25, 0.3) is 5.91 Å². The third-order valence-corrected chi connectivity index (χ3v) is 9.28. The number of hydrogen-bond acceptors (Lipinski definition) is 7. The molecule has 9 nitrogen and oxygen atoms in total. The number of nitrogens with zero attached hydrogens (tertiary/aromatic N) is 3. The van der Waals surface area contributed by atoms with Crippen molar-refractivity contribution in [2.45, 2.75) is 77.7 Å². The third-order valence-electron chi connectivity index (χ3n) is 8.70. The Labute approximate surface area is 272 Å². The molecule has 12 heteroatoms. The van der Waals surface area contributed by atoms with Crippen molar-refractivity contribution in [3.05, 3.63) is 67.7 Å². The minimum atomic E-state index is -0.880. The zero-order chi connectivity index (χ0) is 32.8. The van der Waals surface area contributed by atoms with E-state index >= 15 is 4.39 Å². The third kappa shape index (κ3) is 6.24. The topological polar surface area (TPSA) is 93.1 Å². The molecule has 2 aromatic carbocycles. The Morgan fingerprint density at radius 2 is 1.78 bits per heavy atom. The van der Waals surface area contributed by atoms with Crippen LogP contribution >= 0.6 is 23.2 Å². The molecule has 0 spiro atoms. The summed E-state index contributed by atoms with van der Waals surface area (Å²) in [6, 6.07) is 5.92. The van der Waals surface area contributed by atoms with E-state index in [-0.39, 0.29) is 59.6 Å². The Morgan fingerprint density at radius 3 is 2.36 bits per heavy atom. The van der Waals surface area contributed by atoms with Crippen molar-refractivity contribution in [2.75, 3.05) is 31.7 Å². The van der Waals surface area contributed by atoms with Crippen LogP contribution in [0.2, 0.25) is 10.0 Å². The van der Waals surface area contributed by atoms with E-state index in [1.807, 2.05) is 37.2 Å². The fraction of sp³-hybridized carbons (Fsp3) is 0.485. The molecule has 1 aliphatic carbocycles. The summed E-state index contributed by atoms with van der Waals surface area (Å²) in [5, 5.41) is 3.70. The summed E-state index contributed by atoms with van der Waals surface area (Å²) in [5.74, 6) is -1.28. The lowest BCUT2D eigenvalue weighted by molar-refractivity contribution is -0.159. The summed E-state index contributed by atoms with van der Waals surface area (Å²) < 4.78 is 29.3. The number of nitrogens with one attached hydrogen (secondary N) is 1. The molecule has 1 aromatic heterocycles. The quantitative estimate of drug-likeness (QED) is 0.283. The van der Waals surface area contributed by atoms with Gasteiger partial charge in [-0.05, 0) is 71.2 Å². The van der Waals surface area contributed by atoms with Crippen LogP contribution in [0.3, 0.4) is 0 Å². The van der Waals surface area contributed by atoms with Crippen molar-refractivity contribution < 1.29 is 23.5 Å². The van der Waals surface area contributed by atoms with Crippen molar-refractivity contribution in [1.29, 1.82) is 0 Å². The van der Waals surface area contributed by atoms with Gasteiger partial charge in [0.2, 0.25) is 5.43 Å². The number of methoxy groups -OCH3 is 1. The van der Waals surface area contributed by atoms with Crippen molar-refractivity contribution >= 4 is 51.7 Å². The van der Waals surface area contributed by atoms with Gasteiger partial charge in [-0.1, -0.05) is 29.3 Å². The average molecular weight is 662 g/mol. The summed E-state index contributed by atoms with van der Waals surface area (Å²) in [5.41, 5.74) is -0.216. The number of anilines is 1. The lowest BCUT2D eigenvalue weighted by Crippen LogP contribution is -2.66. The number of carbonyl (C=O) groups excluding carboxylic acids is 2. The van der Waals surface area contributed by atoms with Crippen LogP contribution in [-0.4, -0.2) is 65.8 Å². The number of halogens is 3. The second-order valence-corrected chi connectivity index (χ2v) is 13.2. The number of esters is 1. The van der Waals surface area contributed by atoms with Crippen LogP contribution in [0.1, 0.15) is 69.4 Å². The van der Waals surface area contributed by atoms with Crippen LogP contribution in [0.4, 0.5) is 10.1 Å². The SMILES string of the molecule is CCOC(=O)C(C)(C)N1C(C)CN(c2c(F)cc3c(=O)c(C(=O)NCc4ccc(Cl)cc4Cl)cn(C4CC4)c3c2OC)CC1C. The average Bonchev–Trinajstić information content (AvgIpc) is 3.81. The van der Waals surface area contributed by atoms with E-state index in [4.69, 9.17) is 32.7 Å². The van der Waals surface area contributed by atoms with Crippen LogP contribution in [0.5, 0.6) is 5.75 Å². The van der Waals surface area contributed by atoms with Gasteiger partial charge in [-0.25, -0.2) is 4.39 Å². The lowest BCUT2D eigenvalue weighted by Gasteiger charge is -2.51. The number of carbonyl (C=O) groups is 2. The lowest BCUT2D eigenvalue weighted by atomic mass is 9.94. The summed E-state index contributed by atoms with van der Waals surface area (Å²) in [6.07, 6.45) is 3.26. The van der Waals surface area contributed by atoms with Gasteiger partial charge >= 0.3 is 5.97 Å². The highest BCUT2D eigenvalue weighted by Crippen LogP contribution is 2.44. The Kier molecular flexibility index (Phi) is 9.40. The Balaban J connectivity index is 1.52. The maximum absolute atomic E-state index is 16.2. The highest BCUT2D eigenvalue weighted by Gasteiger charge is 2.45. The second kappa shape index (κ2) is 12.8. The smallest absolute Gasteiger partial charge is 0.325 e. The van der Waals surface area contributed by atoms with E-state index in [1.54, 1.807) is 31.3 Å². The Bertz CT molecular complexity index is 1690. The van der Waals surface area contributed by atoms with Gasteiger partial charge < -0.3 is 24.3 Å². The zero-order valence-corrected chi connectivity index (χ0v) is 27.9. The molecule has 1 saturated heterocycles. The number of pyridine rings is 1. The predicted octanol–water partition coefficient (Wildman–Crippen LogP) is 5.96. The fourth-order valence-corrected chi connectivity index (χ4v) is 7.17. The number of ether oxygens (including phenoxy) is 2. The summed E-state index contributed by atoms with van der Waals surface area (Å²) in [7, 11) is 1.46. The maximum atomic E-state index is 16.2. The molecule has 1 aliphatic heterocycles. The molecule has 1 N–H and O–H groups in total. The number of hydrogen-bond donors (Lipinski definition) is 1. The predicted molar refractivity (Wildman–Crippen MR) is 174 cm³/mol. The van der Waals surface area contributed by atoms with Gasteiger partial charge in [0, 0.05) is 54.0 Å². The molecular weight excluding hydrogens is 622 g/mol. The van der Waals surface area contributed by atoms with Gasteiger partial charge in [0.05, 0.1) is 24.6 Å². The van der Waals surface area contributed by atoms with E-state index in [0.29, 0.717) is 34.2 Å². The van der Waals surface area contributed by atoms with Crippen LogP contribution in [0.25, 0.3) is 10.9 Å². The van der Waals surface area contributed by atoms with Gasteiger partial charge in [-0.3, -0.25) is 19.3 Å². The molecule has 1 saturated carbocycles. The molecule has 2 atom stereocenters. The highest BCUT2D eigenvalue weighted by molar-refractivity contribution is 6.35. The van der Waals surface area contributed by atoms with Crippen molar-refractivity contribution in [2.24, 2.45) is 0 Å². The molecule has 3 aromatic rings. The molecule has 2 unspecified atom stereocenters. The second-order valence-electron chi connectivity index (χ2n) is 12.4. The van der Waals surface area contributed by atoms with E-state index < -0.39 is 22.7 Å². The van der Waals surface area contributed by atoms with Gasteiger partial charge in [0.1, 0.15) is 16.8 Å². The zero-order valence-electron chi connectivity index (χ0n) is 26.4. The summed E-state index contributed by atoms with van der Waals surface area (Å²) in [4.78, 5) is 43.9. The van der Waals surface area contributed by atoms with E-state index in [9.17, 15) is 14.4 Å². The summed E-state index contributed by atoms with van der Waals surface area (Å²) >= 11 is 12.2. The van der Waals surface area contributed by atoms with Gasteiger partial charge in [0.15, 0.2) is 11.6 Å². The van der Waals surface area contributed by atoms with E-state index in [0.717, 1.165) is 12.8 Å². The number of rotatable bonds is 9. The number of benzene rings is 2. The standard InChI is InChI=1S/C33H39Cl2FN4O5/c1-7-45-32(43)33(4,5)40-18(2)15-38(16-19(40)3)28-26(36)13-23-27(30(28)44-6)39(22-10-11-22)17-24(29(23)41)31(42)37-14-20-8-9-21(34)12-25(20)35/h8-9,12-13,17-19,22H,7,10-11,14-16H2,1-6H3,(H,37,42). The first-order chi connectivity index (χ1) is 21.3. The van der Waals surface area contributed by atoms with E-state index in [2.05, 4.69) is 10.2 Å². The van der Waals surface area contributed by atoms with Crippen LogP contribution in [0.15, 0.2) is 35.3 Å². The minimum Gasteiger partial charge on any atom is -0.492 e. The highest BCUT2D eigenvalue weighted by atomic mass is 35.5. The minimum absolute atomic E-state index is 0.0395. The largest absolute Gasteiger partial charge is 0.492 e. The molecular formula is C33H39Cl2FN4O5.